The highest BCUT2D eigenvalue weighted by Crippen LogP contribution is 2.41. The molecule has 0 fully saturated rings. The van der Waals surface area contributed by atoms with Crippen molar-refractivity contribution in [3.05, 3.63) is 60.7 Å². The molecule has 0 bridgehead atoms. The van der Waals surface area contributed by atoms with Crippen molar-refractivity contribution < 1.29 is 0 Å². The molecule has 0 saturated carbocycles. The second-order valence-electron chi connectivity index (χ2n) is 3.96. The Morgan fingerprint density at radius 1 is 0.684 bits per heavy atom. The van der Waals surface area contributed by atoms with E-state index in [1.54, 1.807) is 0 Å². The highest BCUT2D eigenvalue weighted by molar-refractivity contribution is 7.90. The van der Waals surface area contributed by atoms with E-state index in [4.69, 9.17) is 22.5 Å². The average molecular weight is 330 g/mol. The van der Waals surface area contributed by atoms with Gasteiger partial charge in [-0.2, -0.15) is 0 Å². The first kappa shape index (κ1) is 15.2. The van der Waals surface area contributed by atoms with Gasteiger partial charge in [0.2, 0.25) is 0 Å². The van der Waals surface area contributed by atoms with Crippen LogP contribution in [0.2, 0.25) is 0 Å². The average Bonchev–Trinajstić information content (AvgIpc) is 2.49. The van der Waals surface area contributed by atoms with Crippen LogP contribution in [0.4, 0.5) is 0 Å². The summed E-state index contributed by atoms with van der Waals surface area (Å²) in [5.74, 6) is 0. The van der Waals surface area contributed by atoms with Crippen molar-refractivity contribution in [1.82, 2.24) is 5.32 Å². The first-order valence-corrected chi connectivity index (χ1v) is 10.8. The lowest BCUT2D eigenvalue weighted by molar-refractivity contribution is 0.943. The van der Waals surface area contributed by atoms with Gasteiger partial charge in [0.25, 0.3) is 0 Å². The maximum Gasteiger partial charge on any atom is 0.0354 e. The summed E-state index contributed by atoms with van der Waals surface area (Å²) in [5, 5.41) is 5.77. The van der Waals surface area contributed by atoms with Crippen LogP contribution >= 0.6 is 37.0 Å². The minimum atomic E-state index is -0.662. The van der Waals surface area contributed by atoms with Crippen molar-refractivity contribution in [2.45, 2.75) is 0 Å². The number of rotatable bonds is 6. The molecule has 0 radical (unpaired) electrons. The van der Waals surface area contributed by atoms with Gasteiger partial charge in [0.15, 0.2) is 0 Å². The van der Waals surface area contributed by atoms with Gasteiger partial charge in [0.1, 0.15) is 0 Å². The predicted molar refractivity (Wildman–Crippen MR) is 90.6 cm³/mol. The van der Waals surface area contributed by atoms with Gasteiger partial charge in [-0.15, -0.1) is 0 Å². The summed E-state index contributed by atoms with van der Waals surface area (Å²) in [6, 6.07) is 20.4. The number of halogens is 2. The summed E-state index contributed by atoms with van der Waals surface area (Å²) in [6.45, 7) is 0. The molecule has 0 spiro atoms. The van der Waals surface area contributed by atoms with Gasteiger partial charge in [-0.3, -0.25) is 0 Å². The third-order valence-electron chi connectivity index (χ3n) is 2.57. The molecule has 0 aliphatic carbocycles. The third kappa shape index (κ3) is 5.03. The van der Waals surface area contributed by atoms with E-state index in [2.05, 4.69) is 29.6 Å². The molecule has 100 valence electrons. The summed E-state index contributed by atoms with van der Waals surface area (Å²) >= 11 is 12.8. The molecule has 0 aliphatic heterocycles. The third-order valence-corrected chi connectivity index (χ3v) is 7.18. The van der Waals surface area contributed by atoms with Crippen molar-refractivity contribution >= 4 is 47.6 Å². The Balaban J connectivity index is 1.78. The lowest BCUT2D eigenvalue weighted by Gasteiger charge is -2.14. The maximum absolute atomic E-state index is 6.40. The minimum absolute atomic E-state index is 0.662. The molecule has 0 amide bonds. The Hall–Kier alpha value is -0.160. The van der Waals surface area contributed by atoms with Gasteiger partial charge in [-0.1, -0.05) is 83.1 Å². The zero-order valence-electron chi connectivity index (χ0n) is 10.3. The first-order valence-electron chi connectivity index (χ1n) is 5.95. The summed E-state index contributed by atoms with van der Waals surface area (Å²) < 4.78 is 0. The lowest BCUT2D eigenvalue weighted by Crippen LogP contribution is -2.18. The van der Waals surface area contributed by atoms with Crippen LogP contribution in [0.15, 0.2) is 60.7 Å². The standard InChI is InChI=1S/C14H15Cl2NP2/c15-18(13-7-3-1-4-8-13)11-17-12-19(16)14-9-5-2-6-10-14/h1-10,17H,11-12H2. The normalized spacial score (nSPS) is 14.0. The molecule has 2 aromatic carbocycles. The Bertz CT molecular complexity index is 436. The van der Waals surface area contributed by atoms with Crippen LogP contribution in [-0.2, 0) is 0 Å². The number of hydrogen-bond donors (Lipinski definition) is 1. The minimum Gasteiger partial charge on any atom is -0.306 e. The molecule has 2 rings (SSSR count). The molecular weight excluding hydrogens is 315 g/mol. The Morgan fingerprint density at radius 2 is 1.05 bits per heavy atom. The largest absolute Gasteiger partial charge is 0.306 e. The van der Waals surface area contributed by atoms with Crippen LogP contribution in [0.1, 0.15) is 0 Å². The van der Waals surface area contributed by atoms with Crippen LogP contribution < -0.4 is 15.9 Å². The fourth-order valence-electron chi connectivity index (χ4n) is 1.61. The summed E-state index contributed by atoms with van der Waals surface area (Å²) in [6.07, 6.45) is 1.58. The molecule has 2 unspecified atom stereocenters. The van der Waals surface area contributed by atoms with E-state index in [0.717, 1.165) is 12.6 Å². The van der Waals surface area contributed by atoms with E-state index in [9.17, 15) is 0 Å². The van der Waals surface area contributed by atoms with E-state index in [1.807, 2.05) is 36.4 Å². The highest BCUT2D eigenvalue weighted by Gasteiger charge is 2.10. The Labute approximate surface area is 126 Å². The van der Waals surface area contributed by atoms with Crippen molar-refractivity contribution in [2.75, 3.05) is 12.6 Å². The van der Waals surface area contributed by atoms with Crippen LogP contribution in [0.3, 0.4) is 0 Å². The topological polar surface area (TPSA) is 12.0 Å². The van der Waals surface area contributed by atoms with Gasteiger partial charge in [0, 0.05) is 27.1 Å². The molecule has 0 aromatic heterocycles. The summed E-state index contributed by atoms with van der Waals surface area (Å²) in [5.41, 5.74) is 0. The van der Waals surface area contributed by atoms with Crippen molar-refractivity contribution in [3.63, 3.8) is 0 Å². The van der Waals surface area contributed by atoms with Gasteiger partial charge in [-0.05, 0) is 10.6 Å². The molecule has 0 aliphatic rings. The predicted octanol–water partition coefficient (Wildman–Crippen LogP) is 4.41. The van der Waals surface area contributed by atoms with Crippen LogP contribution in [0.5, 0.6) is 0 Å². The van der Waals surface area contributed by atoms with Crippen molar-refractivity contribution in [3.8, 4) is 0 Å². The van der Waals surface area contributed by atoms with Crippen LogP contribution in [-0.4, -0.2) is 12.6 Å². The smallest absolute Gasteiger partial charge is 0.0354 e. The highest BCUT2D eigenvalue weighted by atomic mass is 35.7. The van der Waals surface area contributed by atoms with E-state index in [0.29, 0.717) is 0 Å². The van der Waals surface area contributed by atoms with Gasteiger partial charge in [0.05, 0.1) is 0 Å². The zero-order chi connectivity index (χ0) is 13.5. The molecule has 2 aromatic rings. The van der Waals surface area contributed by atoms with E-state index in [1.165, 1.54) is 10.6 Å². The fraction of sp³-hybridized carbons (Fsp3) is 0.143. The molecule has 19 heavy (non-hydrogen) atoms. The molecular formula is C14H15Cl2NP2. The quantitative estimate of drug-likeness (QED) is 0.774. The Kier molecular flexibility index (Phi) is 6.57. The summed E-state index contributed by atoms with van der Waals surface area (Å²) in [7, 11) is -1.32. The van der Waals surface area contributed by atoms with Gasteiger partial charge in [-0.25, -0.2) is 0 Å². The van der Waals surface area contributed by atoms with Crippen LogP contribution in [0, 0.1) is 0 Å². The Morgan fingerprint density at radius 3 is 1.42 bits per heavy atom. The van der Waals surface area contributed by atoms with Crippen molar-refractivity contribution in [1.29, 1.82) is 0 Å². The number of benzene rings is 2. The van der Waals surface area contributed by atoms with E-state index >= 15 is 0 Å². The van der Waals surface area contributed by atoms with E-state index < -0.39 is 14.5 Å². The van der Waals surface area contributed by atoms with Gasteiger partial charge < -0.3 is 5.32 Å². The maximum atomic E-state index is 6.40. The number of nitrogens with one attached hydrogen (secondary N) is 1. The van der Waals surface area contributed by atoms with Crippen molar-refractivity contribution in [2.24, 2.45) is 0 Å². The first-order chi connectivity index (χ1) is 9.27. The van der Waals surface area contributed by atoms with Crippen LogP contribution in [0.25, 0.3) is 0 Å². The molecule has 2 atom stereocenters. The molecule has 5 heteroatoms. The second-order valence-corrected chi connectivity index (χ2v) is 9.52. The zero-order valence-corrected chi connectivity index (χ0v) is 13.6. The molecule has 0 heterocycles. The monoisotopic (exact) mass is 329 g/mol. The molecule has 1 nitrogen and oxygen atoms in total. The fourth-order valence-corrected chi connectivity index (χ4v) is 4.94. The lowest BCUT2D eigenvalue weighted by atomic mass is 10.4. The van der Waals surface area contributed by atoms with E-state index in [-0.39, 0.29) is 0 Å². The summed E-state index contributed by atoms with van der Waals surface area (Å²) in [4.78, 5) is 0. The second kappa shape index (κ2) is 8.20. The SMILES string of the molecule is ClP(CNCP(Cl)c1ccccc1)c1ccccc1. The van der Waals surface area contributed by atoms with Gasteiger partial charge >= 0.3 is 0 Å². The molecule has 1 N–H and O–H groups in total. The number of hydrogen-bond acceptors (Lipinski definition) is 1. The molecule has 0 saturated heterocycles.